The van der Waals surface area contributed by atoms with Gasteiger partial charge < -0.3 is 5.11 Å². The Hall–Kier alpha value is -1.76. The molecule has 1 heteroatoms. The molecule has 1 aromatic carbocycles. The van der Waals surface area contributed by atoms with Crippen LogP contribution in [0, 0.1) is 0 Å². The summed E-state index contributed by atoms with van der Waals surface area (Å²) in [4.78, 5) is 0. The van der Waals surface area contributed by atoms with Crippen molar-refractivity contribution < 1.29 is 5.11 Å². The molecule has 0 amide bonds. The maximum atomic E-state index is 9.61. The van der Waals surface area contributed by atoms with E-state index in [9.17, 15) is 5.11 Å². The summed E-state index contributed by atoms with van der Waals surface area (Å²) in [5.41, 5.74) is 2.24. The molecule has 0 aliphatic rings. The summed E-state index contributed by atoms with van der Waals surface area (Å²) in [5, 5.41) is 9.61. The Bertz CT molecular complexity index is 376. The zero-order valence-electron chi connectivity index (χ0n) is 9.52. The fourth-order valence-electron chi connectivity index (χ4n) is 1.56. The second kappa shape index (κ2) is 6.67. The minimum absolute atomic E-state index is 0.357. The quantitative estimate of drug-likeness (QED) is 0.709. The van der Waals surface area contributed by atoms with Crippen molar-refractivity contribution in [2.75, 3.05) is 0 Å². The Balaban J connectivity index is 2.72. The number of hydrogen-bond acceptors (Lipinski definition) is 1. The molecule has 16 heavy (non-hydrogen) atoms. The molecule has 0 radical (unpaired) electrons. The predicted octanol–water partition coefficient (Wildman–Crippen LogP) is 4.01. The van der Waals surface area contributed by atoms with Crippen LogP contribution in [0.2, 0.25) is 0 Å². The Morgan fingerprint density at radius 2 is 1.75 bits per heavy atom. The number of allylic oxidation sites excluding steroid dienone is 4. The lowest BCUT2D eigenvalue weighted by atomic mass is 10.0. The molecule has 1 aromatic rings. The first-order valence-corrected chi connectivity index (χ1v) is 5.44. The molecule has 1 rings (SSSR count). The Labute approximate surface area is 97.4 Å². The molecule has 1 N–H and O–H groups in total. The summed E-state index contributed by atoms with van der Waals surface area (Å²) in [7, 11) is 0. The van der Waals surface area contributed by atoms with E-state index in [1.807, 2.05) is 30.4 Å². The first kappa shape index (κ1) is 12.3. The van der Waals surface area contributed by atoms with Gasteiger partial charge in [0, 0.05) is 0 Å². The highest BCUT2D eigenvalue weighted by Gasteiger charge is 1.98. The van der Waals surface area contributed by atoms with Gasteiger partial charge in [-0.25, -0.2) is 0 Å². The van der Waals surface area contributed by atoms with Crippen molar-refractivity contribution in [2.24, 2.45) is 0 Å². The van der Waals surface area contributed by atoms with E-state index in [1.165, 1.54) is 5.57 Å². The number of aromatic hydroxyl groups is 1. The molecule has 0 aliphatic heterocycles. The third-order valence-corrected chi connectivity index (χ3v) is 2.42. The highest BCUT2D eigenvalue weighted by molar-refractivity contribution is 5.34. The van der Waals surface area contributed by atoms with E-state index < -0.39 is 0 Å². The van der Waals surface area contributed by atoms with Gasteiger partial charge in [-0.1, -0.05) is 42.0 Å². The standard InChI is InChI=1S/C15H18O/c1-3-7-13(8-4-2)11-12-14-9-5-6-10-15(14)16/h3-6,9-11,16H,1-2,7-8,12H2. The molecule has 0 saturated heterocycles. The lowest BCUT2D eigenvalue weighted by Gasteiger charge is -2.03. The van der Waals surface area contributed by atoms with Gasteiger partial charge in [-0.3, -0.25) is 0 Å². The zero-order valence-corrected chi connectivity index (χ0v) is 9.52. The molecule has 84 valence electrons. The summed E-state index contributed by atoms with van der Waals surface area (Å²) in [5.74, 6) is 0.357. The molecule has 0 saturated carbocycles. The molecule has 1 nitrogen and oxygen atoms in total. The molecule has 0 aromatic heterocycles. The number of para-hydroxylation sites is 1. The predicted molar refractivity (Wildman–Crippen MR) is 69.5 cm³/mol. The number of rotatable bonds is 6. The van der Waals surface area contributed by atoms with Crippen LogP contribution in [0.15, 0.2) is 61.2 Å². The number of hydrogen-bond donors (Lipinski definition) is 1. The molecular formula is C15H18O. The van der Waals surface area contributed by atoms with Gasteiger partial charge in [-0.2, -0.15) is 0 Å². The summed E-state index contributed by atoms with van der Waals surface area (Å²) < 4.78 is 0. The van der Waals surface area contributed by atoms with E-state index >= 15 is 0 Å². The minimum Gasteiger partial charge on any atom is -0.508 e. The van der Waals surface area contributed by atoms with Crippen molar-refractivity contribution in [3.05, 3.63) is 66.8 Å². The summed E-state index contributed by atoms with van der Waals surface area (Å²) in [6.45, 7) is 7.46. The third kappa shape index (κ3) is 3.77. The number of phenols is 1. The van der Waals surface area contributed by atoms with E-state index in [0.29, 0.717) is 5.75 Å². The van der Waals surface area contributed by atoms with Crippen LogP contribution in [0.25, 0.3) is 0 Å². The second-order valence-corrected chi connectivity index (χ2v) is 3.68. The van der Waals surface area contributed by atoms with Crippen LogP contribution in [0.1, 0.15) is 18.4 Å². The van der Waals surface area contributed by atoms with Gasteiger partial charge in [0.15, 0.2) is 0 Å². The lowest BCUT2D eigenvalue weighted by Crippen LogP contribution is -1.86. The average Bonchev–Trinajstić information content (AvgIpc) is 2.28. The van der Waals surface area contributed by atoms with Gasteiger partial charge in [-0.15, -0.1) is 13.2 Å². The Morgan fingerprint density at radius 1 is 1.12 bits per heavy atom. The van der Waals surface area contributed by atoms with Crippen LogP contribution >= 0.6 is 0 Å². The van der Waals surface area contributed by atoms with Crippen molar-refractivity contribution in [2.45, 2.75) is 19.3 Å². The van der Waals surface area contributed by atoms with Gasteiger partial charge in [0.1, 0.15) is 5.75 Å². The maximum Gasteiger partial charge on any atom is 0.119 e. The van der Waals surface area contributed by atoms with Crippen molar-refractivity contribution in [3.8, 4) is 5.75 Å². The van der Waals surface area contributed by atoms with Crippen LogP contribution in [-0.4, -0.2) is 5.11 Å². The fraction of sp³-hybridized carbons (Fsp3) is 0.200. The van der Waals surface area contributed by atoms with Crippen LogP contribution in [-0.2, 0) is 6.42 Å². The van der Waals surface area contributed by atoms with Gasteiger partial charge in [0.25, 0.3) is 0 Å². The molecule has 0 bridgehead atoms. The molecular weight excluding hydrogens is 196 g/mol. The van der Waals surface area contributed by atoms with E-state index in [-0.39, 0.29) is 0 Å². The van der Waals surface area contributed by atoms with Crippen molar-refractivity contribution in [3.63, 3.8) is 0 Å². The number of phenolic OH excluding ortho intramolecular Hbond substituents is 1. The topological polar surface area (TPSA) is 20.2 Å². The van der Waals surface area contributed by atoms with Crippen LogP contribution in [0.4, 0.5) is 0 Å². The lowest BCUT2D eigenvalue weighted by molar-refractivity contribution is 0.469. The van der Waals surface area contributed by atoms with Crippen LogP contribution in [0.5, 0.6) is 5.75 Å². The van der Waals surface area contributed by atoms with E-state index in [4.69, 9.17) is 0 Å². The van der Waals surface area contributed by atoms with E-state index in [0.717, 1.165) is 24.8 Å². The molecule has 0 spiro atoms. The van der Waals surface area contributed by atoms with Gasteiger partial charge >= 0.3 is 0 Å². The summed E-state index contributed by atoms with van der Waals surface area (Å²) in [6.07, 6.45) is 8.42. The monoisotopic (exact) mass is 214 g/mol. The maximum absolute atomic E-state index is 9.61. The minimum atomic E-state index is 0.357. The molecule has 0 atom stereocenters. The smallest absolute Gasteiger partial charge is 0.119 e. The van der Waals surface area contributed by atoms with Crippen molar-refractivity contribution in [1.82, 2.24) is 0 Å². The zero-order chi connectivity index (χ0) is 11.8. The molecule has 0 heterocycles. The summed E-state index contributed by atoms with van der Waals surface area (Å²) >= 11 is 0. The molecule has 0 unspecified atom stereocenters. The third-order valence-electron chi connectivity index (χ3n) is 2.42. The van der Waals surface area contributed by atoms with Crippen LogP contribution in [0.3, 0.4) is 0 Å². The number of benzene rings is 1. The highest BCUT2D eigenvalue weighted by atomic mass is 16.3. The SMILES string of the molecule is C=CCC(=CCc1ccccc1O)CC=C. The van der Waals surface area contributed by atoms with Crippen molar-refractivity contribution in [1.29, 1.82) is 0 Å². The van der Waals surface area contributed by atoms with E-state index in [2.05, 4.69) is 19.2 Å². The van der Waals surface area contributed by atoms with Gasteiger partial charge in [0.2, 0.25) is 0 Å². The Morgan fingerprint density at radius 3 is 2.31 bits per heavy atom. The molecule has 0 aliphatic carbocycles. The van der Waals surface area contributed by atoms with Crippen LogP contribution < -0.4 is 0 Å². The molecule has 0 fully saturated rings. The first-order valence-electron chi connectivity index (χ1n) is 5.44. The summed E-state index contributed by atoms with van der Waals surface area (Å²) in [6, 6.07) is 7.41. The largest absolute Gasteiger partial charge is 0.508 e. The van der Waals surface area contributed by atoms with Crippen molar-refractivity contribution >= 4 is 0 Å². The van der Waals surface area contributed by atoms with Gasteiger partial charge in [-0.05, 0) is 30.9 Å². The first-order chi connectivity index (χ1) is 7.77. The average molecular weight is 214 g/mol. The van der Waals surface area contributed by atoms with E-state index in [1.54, 1.807) is 6.07 Å². The fourth-order valence-corrected chi connectivity index (χ4v) is 1.56. The second-order valence-electron chi connectivity index (χ2n) is 3.68. The Kier molecular flexibility index (Phi) is 5.13. The highest BCUT2D eigenvalue weighted by Crippen LogP contribution is 2.18. The van der Waals surface area contributed by atoms with Gasteiger partial charge in [0.05, 0.1) is 0 Å². The normalized spacial score (nSPS) is 9.50.